The number of hydrogen-bond donors (Lipinski definition) is 1. The van der Waals surface area contributed by atoms with Crippen molar-refractivity contribution < 1.29 is 33.0 Å². The van der Waals surface area contributed by atoms with Crippen molar-refractivity contribution in [3.63, 3.8) is 0 Å². The molecule has 3 aromatic rings. The summed E-state index contributed by atoms with van der Waals surface area (Å²) in [5.74, 6) is -0.575. The van der Waals surface area contributed by atoms with Gasteiger partial charge < -0.3 is 23.9 Å². The number of amides is 1. The third-order valence-electron chi connectivity index (χ3n) is 4.91. The van der Waals surface area contributed by atoms with Crippen molar-refractivity contribution in [1.29, 1.82) is 0 Å². The molecular weight excluding hydrogens is 458 g/mol. The van der Waals surface area contributed by atoms with Gasteiger partial charge in [0.25, 0.3) is 5.91 Å². The van der Waals surface area contributed by atoms with Crippen molar-refractivity contribution in [2.75, 3.05) is 18.5 Å². The van der Waals surface area contributed by atoms with Crippen molar-refractivity contribution >= 4 is 34.2 Å². The number of carbonyl (C=O) groups is 3. The Morgan fingerprint density at radius 3 is 2.26 bits per heavy atom. The fourth-order valence-electron chi connectivity index (χ4n) is 3.16. The molecule has 1 amide bonds. The molecule has 0 spiro atoms. The Bertz CT molecular complexity index is 1160. The second-order valence-electron chi connectivity index (χ2n) is 7.21. The summed E-state index contributed by atoms with van der Waals surface area (Å²) in [6.45, 7) is 7.54. The summed E-state index contributed by atoms with van der Waals surface area (Å²) in [5, 5.41) is 2.85. The number of nitrogens with one attached hydrogen (secondary N) is 1. The molecule has 2 aromatic heterocycles. The van der Waals surface area contributed by atoms with Gasteiger partial charge in [-0.25, -0.2) is 9.59 Å². The first-order valence-electron chi connectivity index (χ1n) is 11.0. The van der Waals surface area contributed by atoms with Crippen molar-refractivity contribution in [2.45, 2.75) is 40.7 Å². The van der Waals surface area contributed by atoms with Crippen molar-refractivity contribution in [3.05, 3.63) is 69.5 Å². The van der Waals surface area contributed by atoms with E-state index in [-0.39, 0.29) is 41.0 Å². The Hall–Kier alpha value is -3.59. The molecule has 2 heterocycles. The molecule has 0 saturated heterocycles. The number of thiophene rings is 1. The van der Waals surface area contributed by atoms with Gasteiger partial charge in [-0.05, 0) is 62.6 Å². The molecule has 0 bridgehead atoms. The van der Waals surface area contributed by atoms with Gasteiger partial charge in [-0.15, -0.1) is 11.3 Å². The lowest BCUT2D eigenvalue weighted by atomic mass is 10.1. The average molecular weight is 486 g/mol. The minimum Gasteiger partial charge on any atom is -0.486 e. The molecular formula is C25H27NO7S. The smallest absolute Gasteiger partial charge is 0.348 e. The number of anilines is 1. The van der Waals surface area contributed by atoms with E-state index in [2.05, 4.69) is 12.2 Å². The minimum absolute atomic E-state index is 0.0403. The second kappa shape index (κ2) is 11.5. The first-order chi connectivity index (χ1) is 16.4. The van der Waals surface area contributed by atoms with E-state index in [1.807, 2.05) is 24.3 Å². The molecule has 0 aliphatic rings. The first-order valence-corrected chi connectivity index (χ1v) is 11.8. The molecule has 0 fully saturated rings. The number of hydrogen-bond acceptors (Lipinski definition) is 8. The van der Waals surface area contributed by atoms with Crippen LogP contribution in [0.4, 0.5) is 5.00 Å². The highest BCUT2D eigenvalue weighted by molar-refractivity contribution is 7.18. The number of furan rings is 1. The summed E-state index contributed by atoms with van der Waals surface area (Å²) in [6.07, 6.45) is 0.944. The van der Waals surface area contributed by atoms with Gasteiger partial charge in [0.15, 0.2) is 5.76 Å². The van der Waals surface area contributed by atoms with Crippen LogP contribution in [0.5, 0.6) is 5.75 Å². The highest BCUT2D eigenvalue weighted by atomic mass is 32.1. The van der Waals surface area contributed by atoms with Crippen LogP contribution in [-0.2, 0) is 22.5 Å². The van der Waals surface area contributed by atoms with Crippen molar-refractivity contribution in [2.24, 2.45) is 0 Å². The summed E-state index contributed by atoms with van der Waals surface area (Å²) in [6, 6.07) is 10.9. The number of aryl methyl sites for hydroxylation is 1. The number of rotatable bonds is 10. The van der Waals surface area contributed by atoms with Crippen LogP contribution in [0.3, 0.4) is 0 Å². The SMILES string of the molecule is CCOC(=O)c1sc(NC(=O)c2ccc(COc3ccc(CC)cc3)o2)c(C(=O)OCC)c1C. The Kier molecular flexibility index (Phi) is 8.48. The Morgan fingerprint density at radius 1 is 0.941 bits per heavy atom. The quantitative estimate of drug-likeness (QED) is 0.384. The zero-order chi connectivity index (χ0) is 24.7. The van der Waals surface area contributed by atoms with Gasteiger partial charge in [-0.1, -0.05) is 19.1 Å². The fraction of sp³-hybridized carbons (Fsp3) is 0.320. The third-order valence-corrected chi connectivity index (χ3v) is 6.10. The molecule has 8 nitrogen and oxygen atoms in total. The molecule has 1 aromatic carbocycles. The maximum absolute atomic E-state index is 12.8. The maximum Gasteiger partial charge on any atom is 0.348 e. The highest BCUT2D eigenvalue weighted by Gasteiger charge is 2.28. The Balaban J connectivity index is 1.74. The van der Waals surface area contributed by atoms with E-state index in [0.29, 0.717) is 17.1 Å². The molecule has 9 heteroatoms. The molecule has 0 saturated carbocycles. The Labute approximate surface area is 201 Å². The number of benzene rings is 1. The van der Waals surface area contributed by atoms with Crippen LogP contribution in [-0.4, -0.2) is 31.1 Å². The van der Waals surface area contributed by atoms with Gasteiger partial charge in [-0.2, -0.15) is 0 Å². The number of carbonyl (C=O) groups excluding carboxylic acids is 3. The van der Waals surface area contributed by atoms with Crippen LogP contribution in [0.2, 0.25) is 0 Å². The van der Waals surface area contributed by atoms with E-state index in [4.69, 9.17) is 18.6 Å². The highest BCUT2D eigenvalue weighted by Crippen LogP contribution is 2.34. The van der Waals surface area contributed by atoms with E-state index in [0.717, 1.165) is 17.8 Å². The molecule has 0 aliphatic heterocycles. The molecule has 1 N–H and O–H groups in total. The summed E-state index contributed by atoms with van der Waals surface area (Å²) < 4.78 is 21.5. The first kappa shape index (κ1) is 25.0. The summed E-state index contributed by atoms with van der Waals surface area (Å²) >= 11 is 0.955. The zero-order valence-corrected chi connectivity index (χ0v) is 20.4. The van der Waals surface area contributed by atoms with Crippen LogP contribution < -0.4 is 10.1 Å². The van der Waals surface area contributed by atoms with Crippen molar-refractivity contribution in [3.8, 4) is 5.75 Å². The largest absolute Gasteiger partial charge is 0.486 e. The maximum atomic E-state index is 12.8. The van der Waals surface area contributed by atoms with Crippen LogP contribution in [0.25, 0.3) is 0 Å². The monoisotopic (exact) mass is 485 g/mol. The molecule has 34 heavy (non-hydrogen) atoms. The molecule has 180 valence electrons. The number of esters is 2. The van der Waals surface area contributed by atoms with E-state index in [1.165, 1.54) is 11.6 Å². The summed E-state index contributed by atoms with van der Waals surface area (Å²) in [4.78, 5) is 37.8. The lowest BCUT2D eigenvalue weighted by Crippen LogP contribution is -2.14. The lowest BCUT2D eigenvalue weighted by Gasteiger charge is -2.06. The van der Waals surface area contributed by atoms with Gasteiger partial charge in [-0.3, -0.25) is 4.79 Å². The standard InChI is InChI=1S/C25H27NO7S/c1-5-16-8-10-17(11-9-16)32-14-18-12-13-19(33-18)22(27)26-23-20(24(28)30-6-2)15(4)21(34-23)25(29)31-7-3/h8-13H,5-7,14H2,1-4H3,(H,26,27). The van der Waals surface area contributed by atoms with E-state index in [9.17, 15) is 14.4 Å². The molecule has 0 unspecified atom stereocenters. The van der Waals surface area contributed by atoms with Crippen LogP contribution >= 0.6 is 11.3 Å². The van der Waals surface area contributed by atoms with Crippen LogP contribution in [0.15, 0.2) is 40.8 Å². The molecule has 0 radical (unpaired) electrons. The Morgan fingerprint density at radius 2 is 1.62 bits per heavy atom. The van der Waals surface area contributed by atoms with Crippen LogP contribution in [0.1, 0.15) is 68.2 Å². The fourth-order valence-corrected chi connectivity index (χ4v) is 4.24. The van der Waals surface area contributed by atoms with Crippen LogP contribution in [0, 0.1) is 6.92 Å². The summed E-state index contributed by atoms with van der Waals surface area (Å²) in [7, 11) is 0. The average Bonchev–Trinajstić information content (AvgIpc) is 3.43. The van der Waals surface area contributed by atoms with Crippen molar-refractivity contribution in [1.82, 2.24) is 0 Å². The van der Waals surface area contributed by atoms with E-state index >= 15 is 0 Å². The topological polar surface area (TPSA) is 104 Å². The zero-order valence-electron chi connectivity index (χ0n) is 19.6. The molecule has 3 rings (SSSR count). The van der Waals surface area contributed by atoms with Gasteiger partial charge >= 0.3 is 11.9 Å². The van der Waals surface area contributed by atoms with Gasteiger partial charge in [0.05, 0.1) is 18.8 Å². The van der Waals surface area contributed by atoms with E-state index in [1.54, 1.807) is 26.8 Å². The molecule has 0 atom stereocenters. The van der Waals surface area contributed by atoms with Gasteiger partial charge in [0, 0.05) is 0 Å². The third kappa shape index (κ3) is 5.85. The summed E-state index contributed by atoms with van der Waals surface area (Å²) in [5.41, 5.74) is 1.72. The lowest BCUT2D eigenvalue weighted by molar-refractivity contribution is 0.0527. The second-order valence-corrected chi connectivity index (χ2v) is 8.23. The minimum atomic E-state index is -0.635. The normalized spacial score (nSPS) is 10.6. The predicted molar refractivity (Wildman–Crippen MR) is 128 cm³/mol. The van der Waals surface area contributed by atoms with Gasteiger partial charge in [0.2, 0.25) is 0 Å². The molecule has 0 aliphatic carbocycles. The predicted octanol–water partition coefficient (Wildman–Crippen LogP) is 5.40. The van der Waals surface area contributed by atoms with E-state index < -0.39 is 17.8 Å². The van der Waals surface area contributed by atoms with Gasteiger partial charge in [0.1, 0.15) is 28.0 Å². The number of ether oxygens (including phenoxy) is 3.